The molecule has 0 radical (unpaired) electrons. The predicted molar refractivity (Wildman–Crippen MR) is 117 cm³/mol. The summed E-state index contributed by atoms with van der Waals surface area (Å²) < 4.78 is 43.6. The molecule has 0 fully saturated rings. The van der Waals surface area contributed by atoms with Crippen LogP contribution in [0, 0.1) is 0 Å². The van der Waals surface area contributed by atoms with E-state index < -0.39 is 23.3 Å². The second-order valence-electron chi connectivity index (χ2n) is 6.83. The minimum Gasteiger partial charge on any atom is -0.457 e. The number of carbonyl (C=O) groups excluding carboxylic acids is 1. The number of benzene rings is 2. The van der Waals surface area contributed by atoms with Crippen LogP contribution in [0.3, 0.4) is 0 Å². The first-order valence-corrected chi connectivity index (χ1v) is 12.9. The largest absolute Gasteiger partial charge is 0.457 e. The van der Waals surface area contributed by atoms with E-state index in [4.69, 9.17) is 14.5 Å². The van der Waals surface area contributed by atoms with E-state index >= 15 is 0 Å². The van der Waals surface area contributed by atoms with E-state index in [2.05, 4.69) is 10.0 Å². The summed E-state index contributed by atoms with van der Waals surface area (Å²) in [6.45, 7) is 0.500. The molecular formula is C20H27N2O7PS. The molecule has 4 N–H and O–H groups in total. The Labute approximate surface area is 182 Å². The Balaban J connectivity index is 1.63. The molecule has 11 heteroatoms. The Morgan fingerprint density at radius 2 is 1.39 bits per heavy atom. The number of sulfonamides is 1. The summed E-state index contributed by atoms with van der Waals surface area (Å²) in [5.41, 5.74) is -1.26. The summed E-state index contributed by atoms with van der Waals surface area (Å²) in [5, 5.41) is 2.18. The third kappa shape index (κ3) is 9.20. The van der Waals surface area contributed by atoms with Gasteiger partial charge in [0.15, 0.2) is 0 Å². The SMILES string of the molecule is O=C(NCCCCCCCNS(=O)(=O)c1ccc(Oc2ccccc2)cc1)P(=O)(O)O. The number of ether oxygens (including phenoxy) is 1. The molecular weight excluding hydrogens is 443 g/mol. The number of carbonyl (C=O) groups is 1. The maximum absolute atomic E-state index is 12.4. The maximum atomic E-state index is 12.4. The van der Waals surface area contributed by atoms with Crippen molar-refractivity contribution in [3.05, 3.63) is 54.6 Å². The molecule has 31 heavy (non-hydrogen) atoms. The van der Waals surface area contributed by atoms with Gasteiger partial charge in [0.25, 0.3) is 0 Å². The molecule has 0 saturated carbocycles. The molecule has 2 rings (SSSR count). The van der Waals surface area contributed by atoms with Crippen LogP contribution in [0.4, 0.5) is 4.79 Å². The number of para-hydroxylation sites is 1. The molecule has 0 heterocycles. The third-order valence-electron chi connectivity index (χ3n) is 4.30. The summed E-state index contributed by atoms with van der Waals surface area (Å²) in [4.78, 5) is 28.5. The van der Waals surface area contributed by atoms with Crippen molar-refractivity contribution in [1.29, 1.82) is 0 Å². The number of amides is 1. The van der Waals surface area contributed by atoms with Crippen LogP contribution in [0.15, 0.2) is 59.5 Å². The van der Waals surface area contributed by atoms with E-state index in [0.29, 0.717) is 30.9 Å². The first-order chi connectivity index (χ1) is 14.7. The lowest BCUT2D eigenvalue weighted by Gasteiger charge is -2.09. The van der Waals surface area contributed by atoms with Crippen LogP contribution < -0.4 is 14.8 Å². The normalized spacial score (nSPS) is 11.8. The third-order valence-corrected chi connectivity index (χ3v) is 6.46. The van der Waals surface area contributed by atoms with Crippen LogP contribution in [-0.2, 0) is 14.6 Å². The zero-order valence-corrected chi connectivity index (χ0v) is 18.6. The Morgan fingerprint density at radius 3 is 2.00 bits per heavy atom. The lowest BCUT2D eigenvalue weighted by molar-refractivity contribution is 0.248. The summed E-state index contributed by atoms with van der Waals surface area (Å²) >= 11 is 0. The molecule has 9 nitrogen and oxygen atoms in total. The standard InChI is InChI=1S/C20H27N2O7PS/c23-20(30(24,25)26)21-15-7-2-1-3-8-16-22-31(27,28)19-13-11-18(12-14-19)29-17-9-5-4-6-10-17/h4-6,9-14,22H,1-3,7-8,15-16H2,(H,21,23)(H2,24,25,26). The van der Waals surface area contributed by atoms with Gasteiger partial charge in [-0.3, -0.25) is 4.79 Å². The molecule has 2 aromatic rings. The van der Waals surface area contributed by atoms with Gasteiger partial charge in [-0.05, 0) is 49.2 Å². The van der Waals surface area contributed by atoms with Crippen molar-refractivity contribution >= 4 is 23.3 Å². The second kappa shape index (κ2) is 12.0. The smallest absolute Gasteiger partial charge is 0.413 e. The summed E-state index contributed by atoms with van der Waals surface area (Å²) in [6, 6.07) is 15.4. The number of nitrogens with one attached hydrogen (secondary N) is 2. The fraction of sp³-hybridized carbons (Fsp3) is 0.350. The van der Waals surface area contributed by atoms with E-state index in [1.54, 1.807) is 12.1 Å². The van der Waals surface area contributed by atoms with Gasteiger partial charge in [0.05, 0.1) is 4.90 Å². The zero-order valence-electron chi connectivity index (χ0n) is 16.9. The van der Waals surface area contributed by atoms with Gasteiger partial charge in [-0.2, -0.15) is 0 Å². The monoisotopic (exact) mass is 470 g/mol. The van der Waals surface area contributed by atoms with Crippen molar-refractivity contribution in [2.75, 3.05) is 13.1 Å². The van der Waals surface area contributed by atoms with Crippen molar-refractivity contribution in [3.8, 4) is 11.5 Å². The lowest BCUT2D eigenvalue weighted by atomic mass is 10.1. The summed E-state index contributed by atoms with van der Waals surface area (Å²) in [5.74, 6) is 1.21. The Hall–Kier alpha value is -2.23. The molecule has 0 unspecified atom stereocenters. The van der Waals surface area contributed by atoms with Crippen LogP contribution in [-0.4, -0.2) is 36.9 Å². The van der Waals surface area contributed by atoms with E-state index in [-0.39, 0.29) is 11.4 Å². The number of rotatable bonds is 13. The highest BCUT2D eigenvalue weighted by molar-refractivity contribution is 7.89. The average molecular weight is 470 g/mol. The highest BCUT2D eigenvalue weighted by Crippen LogP contribution is 2.34. The first-order valence-electron chi connectivity index (χ1n) is 9.85. The zero-order chi connectivity index (χ0) is 22.7. The lowest BCUT2D eigenvalue weighted by Crippen LogP contribution is -2.24. The quantitative estimate of drug-likeness (QED) is 0.259. The Kier molecular flexibility index (Phi) is 9.67. The van der Waals surface area contributed by atoms with Crippen LogP contribution in [0.25, 0.3) is 0 Å². The van der Waals surface area contributed by atoms with E-state index in [1.165, 1.54) is 12.1 Å². The predicted octanol–water partition coefficient (Wildman–Crippen LogP) is 3.60. The fourth-order valence-electron chi connectivity index (χ4n) is 2.68. The molecule has 170 valence electrons. The van der Waals surface area contributed by atoms with Gasteiger partial charge >= 0.3 is 13.2 Å². The Morgan fingerprint density at radius 1 is 0.839 bits per heavy atom. The highest BCUT2D eigenvalue weighted by Gasteiger charge is 2.24. The highest BCUT2D eigenvalue weighted by atomic mass is 32.2. The van der Waals surface area contributed by atoms with E-state index in [0.717, 1.165) is 19.3 Å². The van der Waals surface area contributed by atoms with E-state index in [1.807, 2.05) is 30.3 Å². The van der Waals surface area contributed by atoms with Gasteiger partial charge in [-0.15, -0.1) is 0 Å². The van der Waals surface area contributed by atoms with Crippen molar-refractivity contribution < 1.29 is 32.3 Å². The van der Waals surface area contributed by atoms with Gasteiger partial charge in [0.1, 0.15) is 11.5 Å². The van der Waals surface area contributed by atoms with Crippen molar-refractivity contribution in [2.24, 2.45) is 0 Å². The number of unbranched alkanes of at least 4 members (excludes halogenated alkanes) is 4. The number of hydrogen-bond donors (Lipinski definition) is 4. The number of hydrogen-bond acceptors (Lipinski definition) is 5. The van der Waals surface area contributed by atoms with Gasteiger partial charge in [-0.1, -0.05) is 37.5 Å². The summed E-state index contributed by atoms with van der Waals surface area (Å²) in [7, 11) is -8.31. The van der Waals surface area contributed by atoms with Gasteiger partial charge < -0.3 is 19.8 Å². The summed E-state index contributed by atoms with van der Waals surface area (Å²) in [6.07, 6.45) is 3.62. The average Bonchev–Trinajstić information content (AvgIpc) is 2.73. The topological polar surface area (TPSA) is 142 Å². The minimum atomic E-state index is -4.71. The van der Waals surface area contributed by atoms with Crippen molar-refractivity contribution in [3.63, 3.8) is 0 Å². The molecule has 0 spiro atoms. The minimum absolute atomic E-state index is 0.161. The first kappa shape index (κ1) is 25.0. The molecule has 0 aliphatic carbocycles. The van der Waals surface area contributed by atoms with Gasteiger partial charge in [0.2, 0.25) is 10.0 Å². The molecule has 2 aromatic carbocycles. The Bertz CT molecular complexity index is 976. The molecule has 0 saturated heterocycles. The van der Waals surface area contributed by atoms with Crippen LogP contribution in [0.1, 0.15) is 32.1 Å². The molecule has 0 aliphatic rings. The molecule has 0 bridgehead atoms. The van der Waals surface area contributed by atoms with Gasteiger partial charge in [0, 0.05) is 13.1 Å². The molecule has 1 amide bonds. The molecule has 0 aromatic heterocycles. The maximum Gasteiger partial charge on any atom is 0.413 e. The van der Waals surface area contributed by atoms with Crippen LogP contribution in [0.2, 0.25) is 0 Å². The molecule has 0 atom stereocenters. The van der Waals surface area contributed by atoms with Gasteiger partial charge in [-0.25, -0.2) is 17.7 Å². The van der Waals surface area contributed by atoms with E-state index in [9.17, 15) is 17.8 Å². The van der Waals surface area contributed by atoms with Crippen LogP contribution in [0.5, 0.6) is 11.5 Å². The van der Waals surface area contributed by atoms with Crippen molar-refractivity contribution in [2.45, 2.75) is 37.0 Å². The fourth-order valence-corrected chi connectivity index (χ4v) is 4.07. The van der Waals surface area contributed by atoms with Crippen molar-refractivity contribution in [1.82, 2.24) is 10.0 Å². The molecule has 0 aliphatic heterocycles. The van der Waals surface area contributed by atoms with Crippen LogP contribution >= 0.6 is 7.60 Å². The second-order valence-corrected chi connectivity index (χ2v) is 10.1.